The number of hydrogen-bond acceptors (Lipinski definition) is 5. The summed E-state index contributed by atoms with van der Waals surface area (Å²) in [7, 11) is 0. The lowest BCUT2D eigenvalue weighted by molar-refractivity contribution is 0.628. The van der Waals surface area contributed by atoms with Crippen LogP contribution in [0.15, 0.2) is 55.0 Å². The number of nitrogens with zero attached hydrogens (tertiary/aromatic N) is 5. The molecule has 23 heavy (non-hydrogen) atoms. The summed E-state index contributed by atoms with van der Waals surface area (Å²) in [5, 5.41) is 8.36. The van der Waals surface area contributed by atoms with Gasteiger partial charge in [0.15, 0.2) is 0 Å². The van der Waals surface area contributed by atoms with Crippen LogP contribution in [-0.2, 0) is 0 Å². The number of nitrogens with two attached hydrogens (primary N) is 1. The van der Waals surface area contributed by atoms with Crippen LogP contribution in [-0.4, -0.2) is 24.8 Å². The highest BCUT2D eigenvalue weighted by atomic mass is 19.1. The molecule has 0 saturated carbocycles. The maximum absolute atomic E-state index is 13.2. The summed E-state index contributed by atoms with van der Waals surface area (Å²) < 4.78 is 14.7. The van der Waals surface area contributed by atoms with Crippen molar-refractivity contribution in [2.45, 2.75) is 0 Å². The molecule has 0 aliphatic rings. The Balaban J connectivity index is 1.97. The summed E-state index contributed by atoms with van der Waals surface area (Å²) in [6.07, 6.45) is 4.96. The van der Waals surface area contributed by atoms with Crippen molar-refractivity contribution in [3.8, 4) is 22.4 Å². The van der Waals surface area contributed by atoms with Crippen LogP contribution in [0.1, 0.15) is 0 Å². The molecular formula is C16H11FN6. The molecule has 4 aromatic rings. The normalized spacial score (nSPS) is 11.0. The van der Waals surface area contributed by atoms with Gasteiger partial charge < -0.3 is 5.73 Å². The molecule has 0 spiro atoms. The zero-order chi connectivity index (χ0) is 15.8. The first kappa shape index (κ1) is 13.3. The highest BCUT2D eigenvalue weighted by Crippen LogP contribution is 2.32. The van der Waals surface area contributed by atoms with E-state index in [1.807, 2.05) is 12.1 Å². The fourth-order valence-corrected chi connectivity index (χ4v) is 2.46. The predicted molar refractivity (Wildman–Crippen MR) is 83.8 cm³/mol. The Morgan fingerprint density at radius 2 is 1.78 bits per heavy atom. The van der Waals surface area contributed by atoms with Gasteiger partial charge in [-0.3, -0.25) is 0 Å². The first-order valence-corrected chi connectivity index (χ1v) is 6.90. The van der Waals surface area contributed by atoms with E-state index in [-0.39, 0.29) is 11.8 Å². The Hall–Kier alpha value is -3.35. The molecule has 4 rings (SSSR count). The van der Waals surface area contributed by atoms with Gasteiger partial charge in [-0.15, -0.1) is 0 Å². The van der Waals surface area contributed by atoms with Gasteiger partial charge in [0.25, 0.3) is 0 Å². The molecule has 0 bridgehead atoms. The van der Waals surface area contributed by atoms with Gasteiger partial charge in [-0.1, -0.05) is 12.1 Å². The van der Waals surface area contributed by atoms with E-state index < -0.39 is 0 Å². The summed E-state index contributed by atoms with van der Waals surface area (Å²) in [6.45, 7) is 0. The van der Waals surface area contributed by atoms with Gasteiger partial charge in [0.2, 0.25) is 5.95 Å². The largest absolute Gasteiger partial charge is 0.368 e. The minimum Gasteiger partial charge on any atom is -0.368 e. The highest BCUT2D eigenvalue weighted by Gasteiger charge is 2.15. The van der Waals surface area contributed by atoms with Crippen molar-refractivity contribution in [1.29, 1.82) is 0 Å². The van der Waals surface area contributed by atoms with Crippen molar-refractivity contribution < 1.29 is 4.39 Å². The second-order valence-corrected chi connectivity index (χ2v) is 4.95. The van der Waals surface area contributed by atoms with Crippen LogP contribution >= 0.6 is 0 Å². The average molecular weight is 306 g/mol. The molecule has 2 N–H and O–H groups in total. The zero-order valence-corrected chi connectivity index (χ0v) is 11.9. The van der Waals surface area contributed by atoms with Crippen molar-refractivity contribution in [3.05, 3.63) is 60.8 Å². The molecular weight excluding hydrogens is 295 g/mol. The molecule has 0 aliphatic carbocycles. The minimum atomic E-state index is -0.299. The summed E-state index contributed by atoms with van der Waals surface area (Å²) in [5.74, 6) is -0.138. The maximum atomic E-state index is 13.2. The SMILES string of the molecule is Nc1ncc(-c2ccc(F)cc2)c(-c2cnn3ncccc23)n1. The predicted octanol–water partition coefficient (Wildman–Crippen LogP) is 2.57. The zero-order valence-electron chi connectivity index (χ0n) is 11.9. The number of nitrogen functional groups attached to an aromatic ring is 1. The Labute approximate surface area is 130 Å². The number of benzene rings is 1. The summed E-state index contributed by atoms with van der Waals surface area (Å²) >= 11 is 0. The third-order valence-corrected chi connectivity index (χ3v) is 3.52. The van der Waals surface area contributed by atoms with E-state index in [2.05, 4.69) is 20.2 Å². The van der Waals surface area contributed by atoms with Crippen LogP contribution < -0.4 is 5.73 Å². The molecule has 0 unspecified atom stereocenters. The third kappa shape index (κ3) is 2.28. The lowest BCUT2D eigenvalue weighted by Crippen LogP contribution is -1.99. The van der Waals surface area contributed by atoms with Crippen molar-refractivity contribution in [2.75, 3.05) is 5.73 Å². The Bertz CT molecular complexity index is 993. The second kappa shape index (κ2) is 5.13. The Kier molecular flexibility index (Phi) is 2.97. The summed E-state index contributed by atoms with van der Waals surface area (Å²) in [5.41, 5.74) is 9.51. The maximum Gasteiger partial charge on any atom is 0.220 e. The quantitative estimate of drug-likeness (QED) is 0.615. The van der Waals surface area contributed by atoms with Gasteiger partial charge >= 0.3 is 0 Å². The highest BCUT2D eigenvalue weighted by molar-refractivity contribution is 5.87. The topological polar surface area (TPSA) is 82.0 Å². The lowest BCUT2D eigenvalue weighted by Gasteiger charge is -2.08. The lowest BCUT2D eigenvalue weighted by atomic mass is 10.0. The third-order valence-electron chi connectivity index (χ3n) is 3.52. The van der Waals surface area contributed by atoms with Crippen molar-refractivity contribution in [1.82, 2.24) is 24.8 Å². The van der Waals surface area contributed by atoms with Crippen LogP contribution in [0.3, 0.4) is 0 Å². The number of anilines is 1. The van der Waals surface area contributed by atoms with Crippen LogP contribution in [0, 0.1) is 5.82 Å². The smallest absolute Gasteiger partial charge is 0.220 e. The van der Waals surface area contributed by atoms with E-state index in [0.29, 0.717) is 5.69 Å². The Morgan fingerprint density at radius 3 is 2.61 bits per heavy atom. The summed E-state index contributed by atoms with van der Waals surface area (Å²) in [4.78, 5) is 8.41. The molecule has 0 radical (unpaired) electrons. The molecule has 3 aromatic heterocycles. The number of hydrogen-bond donors (Lipinski definition) is 1. The molecule has 0 saturated heterocycles. The van der Waals surface area contributed by atoms with Crippen LogP contribution in [0.4, 0.5) is 10.3 Å². The molecule has 0 fully saturated rings. The number of fused-ring (bicyclic) bond motifs is 1. The molecule has 6 nitrogen and oxygen atoms in total. The van der Waals surface area contributed by atoms with Gasteiger partial charge in [0.05, 0.1) is 17.4 Å². The van der Waals surface area contributed by atoms with Crippen LogP contribution in [0.2, 0.25) is 0 Å². The second-order valence-electron chi connectivity index (χ2n) is 4.95. The molecule has 1 aromatic carbocycles. The molecule has 0 aliphatic heterocycles. The van der Waals surface area contributed by atoms with Gasteiger partial charge in [-0.05, 0) is 29.8 Å². The fraction of sp³-hybridized carbons (Fsp3) is 0. The first-order chi connectivity index (χ1) is 11.2. The monoisotopic (exact) mass is 306 g/mol. The number of halogens is 1. The standard InChI is InChI=1S/C16H11FN6/c17-11-5-3-10(4-6-11)12-8-19-16(18)22-15(12)13-9-21-23-14(13)2-1-7-20-23/h1-9H,(H2,18,19,22). The van der Waals surface area contributed by atoms with Crippen molar-refractivity contribution in [2.24, 2.45) is 0 Å². The van der Waals surface area contributed by atoms with E-state index >= 15 is 0 Å². The van der Waals surface area contributed by atoms with Gasteiger partial charge in [-0.2, -0.15) is 14.8 Å². The molecule has 3 heterocycles. The minimum absolute atomic E-state index is 0.161. The van der Waals surface area contributed by atoms with Crippen LogP contribution in [0.25, 0.3) is 27.9 Å². The molecule has 7 heteroatoms. The van der Waals surface area contributed by atoms with Gasteiger partial charge in [0.1, 0.15) is 5.82 Å². The van der Waals surface area contributed by atoms with E-state index in [4.69, 9.17) is 5.73 Å². The van der Waals surface area contributed by atoms with E-state index in [0.717, 1.165) is 22.2 Å². The fourth-order valence-electron chi connectivity index (χ4n) is 2.46. The average Bonchev–Trinajstić information content (AvgIpc) is 3.00. The van der Waals surface area contributed by atoms with E-state index in [9.17, 15) is 4.39 Å². The van der Waals surface area contributed by atoms with E-state index in [1.54, 1.807) is 30.7 Å². The molecule has 0 atom stereocenters. The number of aromatic nitrogens is 5. The first-order valence-electron chi connectivity index (χ1n) is 6.90. The van der Waals surface area contributed by atoms with Gasteiger partial charge in [-0.25, -0.2) is 14.4 Å². The molecule has 112 valence electrons. The van der Waals surface area contributed by atoms with E-state index in [1.165, 1.54) is 16.8 Å². The summed E-state index contributed by atoms with van der Waals surface area (Å²) in [6, 6.07) is 9.86. The van der Waals surface area contributed by atoms with Crippen molar-refractivity contribution in [3.63, 3.8) is 0 Å². The van der Waals surface area contributed by atoms with Gasteiger partial charge in [0, 0.05) is 23.5 Å². The number of rotatable bonds is 2. The van der Waals surface area contributed by atoms with Crippen LogP contribution in [0.5, 0.6) is 0 Å². The Morgan fingerprint density at radius 1 is 0.957 bits per heavy atom. The van der Waals surface area contributed by atoms with Crippen molar-refractivity contribution >= 4 is 11.5 Å². The molecule has 0 amide bonds.